The van der Waals surface area contributed by atoms with Crippen LogP contribution >= 0.6 is 11.3 Å². The molecule has 128 valence electrons. The summed E-state index contributed by atoms with van der Waals surface area (Å²) in [6, 6.07) is 12.7. The standard InChI is InChI=1S/C20H15N3O2S/c24-19-15-8-1-2-9-16(15)20(25)23(19)12-6-4-7-14-13-26-18(22-14)17-10-3-5-11-21-17/h1-5,7-11,13H,6,12H2/b7-4-. The van der Waals surface area contributed by atoms with Crippen molar-refractivity contribution in [2.75, 3.05) is 6.54 Å². The van der Waals surface area contributed by atoms with E-state index in [-0.39, 0.29) is 11.8 Å². The molecule has 26 heavy (non-hydrogen) atoms. The number of fused-ring (bicyclic) bond motifs is 1. The molecule has 0 unspecified atom stereocenters. The zero-order valence-corrected chi connectivity index (χ0v) is 14.6. The normalized spacial score (nSPS) is 13.6. The van der Waals surface area contributed by atoms with E-state index >= 15 is 0 Å². The van der Waals surface area contributed by atoms with E-state index in [2.05, 4.69) is 9.97 Å². The molecule has 6 heteroatoms. The van der Waals surface area contributed by atoms with Crippen LogP contribution in [-0.4, -0.2) is 33.2 Å². The maximum absolute atomic E-state index is 12.3. The average Bonchev–Trinajstić information content (AvgIpc) is 3.25. The molecule has 1 aliphatic heterocycles. The van der Waals surface area contributed by atoms with Crippen molar-refractivity contribution in [1.82, 2.24) is 14.9 Å². The van der Waals surface area contributed by atoms with Crippen molar-refractivity contribution in [2.24, 2.45) is 0 Å². The Balaban J connectivity index is 1.38. The second kappa shape index (κ2) is 7.01. The minimum Gasteiger partial charge on any atom is -0.274 e. The first-order valence-corrected chi connectivity index (χ1v) is 9.11. The van der Waals surface area contributed by atoms with Gasteiger partial charge in [-0.25, -0.2) is 4.98 Å². The molecule has 0 fully saturated rings. The number of thiazole rings is 1. The lowest BCUT2D eigenvalue weighted by Gasteiger charge is -2.11. The Bertz CT molecular complexity index is 960. The largest absolute Gasteiger partial charge is 0.274 e. The number of carbonyl (C=O) groups is 2. The molecule has 4 rings (SSSR count). The van der Waals surface area contributed by atoms with Crippen molar-refractivity contribution >= 4 is 29.2 Å². The van der Waals surface area contributed by atoms with Gasteiger partial charge in [-0.3, -0.25) is 19.5 Å². The van der Waals surface area contributed by atoms with Gasteiger partial charge in [-0.05, 0) is 36.8 Å². The maximum atomic E-state index is 12.3. The molecule has 0 bridgehead atoms. The summed E-state index contributed by atoms with van der Waals surface area (Å²) in [5, 5.41) is 2.83. The highest BCUT2D eigenvalue weighted by Gasteiger charge is 2.34. The molecular weight excluding hydrogens is 346 g/mol. The number of nitrogens with zero attached hydrogens (tertiary/aromatic N) is 3. The van der Waals surface area contributed by atoms with E-state index in [0.29, 0.717) is 24.1 Å². The van der Waals surface area contributed by atoms with Crippen LogP contribution in [0, 0.1) is 0 Å². The van der Waals surface area contributed by atoms with Gasteiger partial charge < -0.3 is 0 Å². The van der Waals surface area contributed by atoms with Gasteiger partial charge in [0.15, 0.2) is 0 Å². The topological polar surface area (TPSA) is 63.2 Å². The summed E-state index contributed by atoms with van der Waals surface area (Å²) in [5.41, 5.74) is 2.67. The van der Waals surface area contributed by atoms with Crippen molar-refractivity contribution in [3.05, 3.63) is 76.9 Å². The molecule has 2 aromatic heterocycles. The summed E-state index contributed by atoms with van der Waals surface area (Å²) in [4.78, 5) is 34.7. The molecule has 0 aliphatic carbocycles. The first kappa shape index (κ1) is 16.4. The summed E-state index contributed by atoms with van der Waals surface area (Å²) < 4.78 is 0. The molecule has 3 aromatic rings. The van der Waals surface area contributed by atoms with Gasteiger partial charge in [0.05, 0.1) is 22.5 Å². The number of rotatable bonds is 5. The lowest BCUT2D eigenvalue weighted by atomic mass is 10.1. The number of benzene rings is 1. The number of aromatic nitrogens is 2. The number of carbonyl (C=O) groups excluding carboxylic acids is 2. The van der Waals surface area contributed by atoms with E-state index in [0.717, 1.165) is 16.4 Å². The van der Waals surface area contributed by atoms with Crippen molar-refractivity contribution in [1.29, 1.82) is 0 Å². The third-order valence-electron chi connectivity index (χ3n) is 4.09. The van der Waals surface area contributed by atoms with E-state index in [4.69, 9.17) is 0 Å². The van der Waals surface area contributed by atoms with Crippen LogP contribution in [0.2, 0.25) is 0 Å². The fourth-order valence-corrected chi connectivity index (χ4v) is 3.58. The van der Waals surface area contributed by atoms with Gasteiger partial charge in [-0.1, -0.05) is 24.3 Å². The fourth-order valence-electron chi connectivity index (χ4n) is 2.82. The number of hydrogen-bond acceptors (Lipinski definition) is 5. The third-order valence-corrected chi connectivity index (χ3v) is 4.98. The summed E-state index contributed by atoms with van der Waals surface area (Å²) >= 11 is 1.53. The Labute approximate surface area is 154 Å². The molecular formula is C20H15N3O2S. The summed E-state index contributed by atoms with van der Waals surface area (Å²) in [6.07, 6.45) is 6.16. The first-order valence-electron chi connectivity index (χ1n) is 8.23. The van der Waals surface area contributed by atoms with Gasteiger partial charge in [-0.15, -0.1) is 11.3 Å². The van der Waals surface area contributed by atoms with Crippen LogP contribution in [0.4, 0.5) is 0 Å². The minimum atomic E-state index is -0.218. The van der Waals surface area contributed by atoms with Gasteiger partial charge in [0.1, 0.15) is 5.01 Å². The Kier molecular flexibility index (Phi) is 4.41. The predicted octanol–water partition coefficient (Wildman–Crippen LogP) is 3.90. The highest BCUT2D eigenvalue weighted by Crippen LogP contribution is 2.23. The average molecular weight is 361 g/mol. The quantitative estimate of drug-likeness (QED) is 0.647. The second-order valence-electron chi connectivity index (χ2n) is 5.79. The van der Waals surface area contributed by atoms with Gasteiger partial charge in [0.2, 0.25) is 0 Å². The number of imide groups is 1. The number of amides is 2. The molecule has 0 radical (unpaired) electrons. The Morgan fingerprint density at radius 3 is 2.42 bits per heavy atom. The van der Waals surface area contributed by atoms with E-state index in [1.54, 1.807) is 30.5 Å². The van der Waals surface area contributed by atoms with Crippen LogP contribution in [0.5, 0.6) is 0 Å². The molecule has 0 spiro atoms. The highest BCUT2D eigenvalue weighted by atomic mass is 32.1. The van der Waals surface area contributed by atoms with Gasteiger partial charge >= 0.3 is 0 Å². The van der Waals surface area contributed by atoms with Gasteiger partial charge in [0, 0.05) is 18.1 Å². The van der Waals surface area contributed by atoms with Crippen molar-refractivity contribution in [3.8, 4) is 10.7 Å². The van der Waals surface area contributed by atoms with Gasteiger partial charge in [-0.2, -0.15) is 0 Å². The molecule has 0 saturated carbocycles. The van der Waals surface area contributed by atoms with Crippen LogP contribution < -0.4 is 0 Å². The van der Waals surface area contributed by atoms with Gasteiger partial charge in [0.25, 0.3) is 11.8 Å². The molecule has 3 heterocycles. The van der Waals surface area contributed by atoms with Crippen molar-refractivity contribution in [3.63, 3.8) is 0 Å². The molecule has 5 nitrogen and oxygen atoms in total. The molecule has 0 N–H and O–H groups in total. The van der Waals surface area contributed by atoms with Crippen LogP contribution in [-0.2, 0) is 0 Å². The monoisotopic (exact) mass is 361 g/mol. The molecule has 1 aromatic carbocycles. The molecule has 2 amide bonds. The SMILES string of the molecule is O=C1c2ccccc2C(=O)N1CC/C=C\c1csc(-c2ccccn2)n1. The smallest absolute Gasteiger partial charge is 0.261 e. The fraction of sp³-hybridized carbons (Fsp3) is 0.100. The molecule has 1 aliphatic rings. The molecule has 0 saturated heterocycles. The Morgan fingerprint density at radius 1 is 1.00 bits per heavy atom. The number of pyridine rings is 1. The predicted molar refractivity (Wildman–Crippen MR) is 101 cm³/mol. The molecule has 0 atom stereocenters. The lowest BCUT2D eigenvalue weighted by Crippen LogP contribution is -2.30. The Hall–Kier alpha value is -3.12. The maximum Gasteiger partial charge on any atom is 0.261 e. The van der Waals surface area contributed by atoms with Crippen LogP contribution in [0.1, 0.15) is 32.8 Å². The third kappa shape index (κ3) is 3.07. The summed E-state index contributed by atoms with van der Waals surface area (Å²) in [7, 11) is 0. The summed E-state index contributed by atoms with van der Waals surface area (Å²) in [6.45, 7) is 0.361. The van der Waals surface area contributed by atoms with Crippen LogP contribution in [0.25, 0.3) is 16.8 Å². The van der Waals surface area contributed by atoms with Crippen LogP contribution in [0.15, 0.2) is 60.1 Å². The first-order chi connectivity index (χ1) is 12.7. The zero-order chi connectivity index (χ0) is 17.9. The van der Waals surface area contributed by atoms with Crippen molar-refractivity contribution in [2.45, 2.75) is 6.42 Å². The van der Waals surface area contributed by atoms with E-state index in [1.165, 1.54) is 16.2 Å². The summed E-state index contributed by atoms with van der Waals surface area (Å²) in [5.74, 6) is -0.435. The second-order valence-corrected chi connectivity index (χ2v) is 6.65. The van der Waals surface area contributed by atoms with E-state index in [9.17, 15) is 9.59 Å². The van der Waals surface area contributed by atoms with E-state index in [1.807, 2.05) is 35.7 Å². The lowest BCUT2D eigenvalue weighted by molar-refractivity contribution is 0.0657. The highest BCUT2D eigenvalue weighted by molar-refractivity contribution is 7.13. The Morgan fingerprint density at radius 2 is 1.73 bits per heavy atom. The van der Waals surface area contributed by atoms with Crippen LogP contribution in [0.3, 0.4) is 0 Å². The van der Waals surface area contributed by atoms with E-state index < -0.39 is 0 Å². The zero-order valence-electron chi connectivity index (χ0n) is 13.8. The van der Waals surface area contributed by atoms with Crippen molar-refractivity contribution < 1.29 is 9.59 Å². The minimum absolute atomic E-state index is 0.218. The number of hydrogen-bond donors (Lipinski definition) is 0.